The average Bonchev–Trinajstić information content (AvgIpc) is 2.48. The second-order valence-electron chi connectivity index (χ2n) is 7.58. The number of likely N-dealkylation sites (N-methyl/N-ethyl adjacent to an activating group) is 1. The highest BCUT2D eigenvalue weighted by Gasteiger charge is 2.30. The Morgan fingerprint density at radius 1 is 1.04 bits per heavy atom. The van der Waals surface area contributed by atoms with Gasteiger partial charge in [0.2, 0.25) is 11.8 Å². The zero-order valence-corrected chi connectivity index (χ0v) is 15.5. The van der Waals surface area contributed by atoms with E-state index < -0.39 is 6.04 Å². The van der Waals surface area contributed by atoms with Gasteiger partial charge in [-0.2, -0.15) is 0 Å². The van der Waals surface area contributed by atoms with Crippen LogP contribution in [0, 0.1) is 23.7 Å². The quantitative estimate of drug-likeness (QED) is 0.754. The van der Waals surface area contributed by atoms with Crippen molar-refractivity contribution < 1.29 is 14.3 Å². The van der Waals surface area contributed by atoms with Crippen molar-refractivity contribution in [1.29, 1.82) is 0 Å². The molecule has 0 bridgehead atoms. The van der Waals surface area contributed by atoms with Crippen LogP contribution in [-0.4, -0.2) is 37.6 Å². The summed E-state index contributed by atoms with van der Waals surface area (Å²) in [6, 6.07) is -0.645. The van der Waals surface area contributed by atoms with E-state index in [1.165, 1.54) is 19.3 Å². The summed E-state index contributed by atoms with van der Waals surface area (Å²) in [6.45, 7) is 10.7. The lowest BCUT2D eigenvalue weighted by Crippen LogP contribution is -2.53. The molecule has 1 fully saturated rings. The number of carbonyl (C=O) groups excluding carboxylic acids is 2. The molecule has 0 heterocycles. The Morgan fingerprint density at radius 2 is 1.61 bits per heavy atom. The van der Waals surface area contributed by atoms with Crippen LogP contribution in [0.3, 0.4) is 0 Å². The summed E-state index contributed by atoms with van der Waals surface area (Å²) < 4.78 is 5.97. The number of rotatable bonds is 7. The highest BCUT2D eigenvalue weighted by Crippen LogP contribution is 2.33. The number of hydrogen-bond acceptors (Lipinski definition) is 3. The lowest BCUT2D eigenvalue weighted by atomic mass is 9.77. The van der Waals surface area contributed by atoms with E-state index in [1.807, 2.05) is 20.8 Å². The Morgan fingerprint density at radius 3 is 2.09 bits per heavy atom. The summed E-state index contributed by atoms with van der Waals surface area (Å²) in [6.07, 6.45) is 3.31. The molecule has 0 radical (unpaired) electrons. The SMILES string of the molecule is CNC(=O)C(NC(=O)C(C)C)C(C)OCC1CC(C)CC(C)C1. The first-order chi connectivity index (χ1) is 10.7. The first-order valence-corrected chi connectivity index (χ1v) is 8.88. The van der Waals surface area contributed by atoms with Gasteiger partial charge in [-0.25, -0.2) is 0 Å². The van der Waals surface area contributed by atoms with Crippen LogP contribution in [-0.2, 0) is 14.3 Å². The zero-order valence-electron chi connectivity index (χ0n) is 15.5. The molecule has 0 aromatic heterocycles. The molecule has 0 aromatic carbocycles. The summed E-state index contributed by atoms with van der Waals surface area (Å²) in [4.78, 5) is 24.0. The Kier molecular flexibility index (Phi) is 8.03. The molecule has 134 valence electrons. The third-order valence-electron chi connectivity index (χ3n) is 4.69. The Labute approximate surface area is 140 Å². The van der Waals surface area contributed by atoms with E-state index in [2.05, 4.69) is 24.5 Å². The first-order valence-electron chi connectivity index (χ1n) is 8.88. The van der Waals surface area contributed by atoms with Crippen molar-refractivity contribution in [3.8, 4) is 0 Å². The molecule has 2 amide bonds. The van der Waals surface area contributed by atoms with Gasteiger partial charge in [0.1, 0.15) is 6.04 Å². The minimum atomic E-state index is -0.645. The molecule has 5 heteroatoms. The second kappa shape index (κ2) is 9.26. The minimum absolute atomic E-state index is 0.131. The molecule has 1 rings (SSSR count). The Balaban J connectivity index is 2.57. The van der Waals surface area contributed by atoms with Gasteiger partial charge in [-0.1, -0.05) is 27.7 Å². The number of carbonyl (C=O) groups is 2. The summed E-state index contributed by atoms with van der Waals surface area (Å²) >= 11 is 0. The normalized spacial score (nSPS) is 27.3. The highest BCUT2D eigenvalue weighted by molar-refractivity contribution is 5.88. The van der Waals surface area contributed by atoms with Crippen LogP contribution < -0.4 is 10.6 Å². The molecule has 5 nitrogen and oxygen atoms in total. The maximum absolute atomic E-state index is 12.1. The van der Waals surface area contributed by atoms with E-state index in [0.717, 1.165) is 11.8 Å². The Hall–Kier alpha value is -1.10. The molecular weight excluding hydrogens is 292 g/mol. The monoisotopic (exact) mass is 326 g/mol. The predicted molar refractivity (Wildman–Crippen MR) is 91.9 cm³/mol. The predicted octanol–water partition coefficient (Wildman–Crippen LogP) is 2.35. The topological polar surface area (TPSA) is 67.4 Å². The van der Waals surface area contributed by atoms with Gasteiger partial charge in [0.15, 0.2) is 0 Å². The maximum Gasteiger partial charge on any atom is 0.245 e. The summed E-state index contributed by atoms with van der Waals surface area (Å²) in [5, 5.41) is 5.40. The van der Waals surface area contributed by atoms with Gasteiger partial charge in [-0.05, 0) is 43.9 Å². The molecule has 0 saturated heterocycles. The zero-order chi connectivity index (χ0) is 17.6. The van der Waals surface area contributed by atoms with Crippen LogP contribution >= 0.6 is 0 Å². The molecule has 23 heavy (non-hydrogen) atoms. The molecule has 4 atom stereocenters. The summed E-state index contributed by atoms with van der Waals surface area (Å²) in [7, 11) is 1.58. The molecule has 1 aliphatic carbocycles. The van der Waals surface area contributed by atoms with E-state index in [4.69, 9.17) is 4.74 Å². The summed E-state index contributed by atoms with van der Waals surface area (Å²) in [5.41, 5.74) is 0. The van der Waals surface area contributed by atoms with E-state index in [1.54, 1.807) is 7.05 Å². The van der Waals surface area contributed by atoms with Crippen molar-refractivity contribution in [2.45, 2.75) is 66.0 Å². The molecule has 2 N–H and O–H groups in total. The molecule has 1 saturated carbocycles. The van der Waals surface area contributed by atoms with Crippen LogP contribution in [0.25, 0.3) is 0 Å². The fourth-order valence-electron chi connectivity index (χ4n) is 3.51. The molecular formula is C18H34N2O3. The number of nitrogens with one attached hydrogen (secondary N) is 2. The van der Waals surface area contributed by atoms with Crippen LogP contribution in [0.4, 0.5) is 0 Å². The first kappa shape index (κ1) is 19.9. The van der Waals surface area contributed by atoms with Crippen LogP contribution in [0.15, 0.2) is 0 Å². The standard InChI is InChI=1S/C18H34N2O3/c1-11(2)17(21)20-16(18(22)19-6)14(5)23-10-15-8-12(3)7-13(4)9-15/h11-16H,7-10H2,1-6H3,(H,19,22)(H,20,21). The third-order valence-corrected chi connectivity index (χ3v) is 4.69. The molecule has 4 unspecified atom stereocenters. The average molecular weight is 326 g/mol. The molecule has 0 aromatic rings. The van der Waals surface area contributed by atoms with E-state index in [0.29, 0.717) is 12.5 Å². The summed E-state index contributed by atoms with van der Waals surface area (Å²) in [5.74, 6) is 1.51. The number of amides is 2. The highest BCUT2D eigenvalue weighted by atomic mass is 16.5. The second-order valence-corrected chi connectivity index (χ2v) is 7.58. The van der Waals surface area contributed by atoms with Gasteiger partial charge < -0.3 is 15.4 Å². The van der Waals surface area contributed by atoms with Gasteiger partial charge in [0.05, 0.1) is 6.10 Å². The molecule has 0 spiro atoms. The van der Waals surface area contributed by atoms with Crippen molar-refractivity contribution in [3.63, 3.8) is 0 Å². The van der Waals surface area contributed by atoms with Gasteiger partial charge in [0.25, 0.3) is 0 Å². The van der Waals surface area contributed by atoms with Crippen molar-refractivity contribution in [2.75, 3.05) is 13.7 Å². The number of ether oxygens (including phenoxy) is 1. The van der Waals surface area contributed by atoms with Crippen molar-refractivity contribution >= 4 is 11.8 Å². The number of hydrogen-bond donors (Lipinski definition) is 2. The fraction of sp³-hybridized carbons (Fsp3) is 0.889. The van der Waals surface area contributed by atoms with Crippen molar-refractivity contribution in [1.82, 2.24) is 10.6 Å². The van der Waals surface area contributed by atoms with Crippen molar-refractivity contribution in [3.05, 3.63) is 0 Å². The molecule has 0 aliphatic heterocycles. The van der Waals surface area contributed by atoms with Crippen LogP contribution in [0.1, 0.15) is 53.9 Å². The maximum atomic E-state index is 12.1. The third kappa shape index (κ3) is 6.50. The largest absolute Gasteiger partial charge is 0.376 e. The fourth-order valence-corrected chi connectivity index (χ4v) is 3.51. The van der Waals surface area contributed by atoms with Gasteiger partial charge in [-0.15, -0.1) is 0 Å². The van der Waals surface area contributed by atoms with E-state index >= 15 is 0 Å². The lowest BCUT2D eigenvalue weighted by molar-refractivity contribution is -0.134. The van der Waals surface area contributed by atoms with Crippen LogP contribution in [0.2, 0.25) is 0 Å². The smallest absolute Gasteiger partial charge is 0.245 e. The van der Waals surface area contributed by atoms with E-state index in [9.17, 15) is 9.59 Å². The van der Waals surface area contributed by atoms with E-state index in [-0.39, 0.29) is 23.8 Å². The minimum Gasteiger partial charge on any atom is -0.376 e. The molecule has 1 aliphatic rings. The van der Waals surface area contributed by atoms with Gasteiger partial charge in [-0.3, -0.25) is 9.59 Å². The van der Waals surface area contributed by atoms with Crippen LogP contribution in [0.5, 0.6) is 0 Å². The van der Waals surface area contributed by atoms with Gasteiger partial charge in [0, 0.05) is 19.6 Å². The van der Waals surface area contributed by atoms with Crippen molar-refractivity contribution in [2.24, 2.45) is 23.7 Å². The Bertz CT molecular complexity index is 388. The van der Waals surface area contributed by atoms with Gasteiger partial charge >= 0.3 is 0 Å². The lowest BCUT2D eigenvalue weighted by Gasteiger charge is -2.33.